The Labute approximate surface area is 87.7 Å². The number of carboxylic acids is 1. The third-order valence-electron chi connectivity index (χ3n) is 2.06. The molecule has 1 rings (SSSR count). The highest BCUT2D eigenvalue weighted by Crippen LogP contribution is 2.07. The Morgan fingerprint density at radius 1 is 1.47 bits per heavy atom. The van der Waals surface area contributed by atoms with Crippen LogP contribution < -0.4 is 5.73 Å². The molecule has 1 aromatic rings. The van der Waals surface area contributed by atoms with Crippen LogP contribution in [0, 0.1) is 6.92 Å². The summed E-state index contributed by atoms with van der Waals surface area (Å²) in [7, 11) is 0. The standard InChI is InChI=1S/C11H13NO3/c1-7-3-2-4-8(5-7)10(13)6-9(12)11(14)15/h2-5,9H,6,12H2,1H3,(H,14,15)/t9-/m1/s1. The van der Waals surface area contributed by atoms with E-state index in [1.54, 1.807) is 18.2 Å². The van der Waals surface area contributed by atoms with Crippen LogP contribution in [-0.4, -0.2) is 22.9 Å². The van der Waals surface area contributed by atoms with Gasteiger partial charge >= 0.3 is 5.97 Å². The third kappa shape index (κ3) is 3.18. The van der Waals surface area contributed by atoms with E-state index in [4.69, 9.17) is 10.8 Å². The summed E-state index contributed by atoms with van der Waals surface area (Å²) in [6.45, 7) is 1.87. The molecule has 1 aromatic carbocycles. The predicted octanol–water partition coefficient (Wildman–Crippen LogP) is 0.980. The minimum absolute atomic E-state index is 0.168. The van der Waals surface area contributed by atoms with Crippen molar-refractivity contribution >= 4 is 11.8 Å². The fourth-order valence-electron chi connectivity index (χ4n) is 1.22. The van der Waals surface area contributed by atoms with Crippen molar-refractivity contribution < 1.29 is 14.7 Å². The number of carboxylic acid groups (broad SMARTS) is 1. The summed E-state index contributed by atoms with van der Waals surface area (Å²) in [6, 6.07) is 5.88. The monoisotopic (exact) mass is 207 g/mol. The molecule has 0 aromatic heterocycles. The maximum Gasteiger partial charge on any atom is 0.320 e. The van der Waals surface area contributed by atoms with E-state index in [1.165, 1.54) is 0 Å². The van der Waals surface area contributed by atoms with Crippen LogP contribution in [-0.2, 0) is 4.79 Å². The Morgan fingerprint density at radius 2 is 2.13 bits per heavy atom. The second-order valence-electron chi connectivity index (χ2n) is 3.44. The van der Waals surface area contributed by atoms with E-state index in [2.05, 4.69) is 0 Å². The van der Waals surface area contributed by atoms with Gasteiger partial charge in [0.25, 0.3) is 0 Å². The first-order chi connectivity index (χ1) is 7.00. The van der Waals surface area contributed by atoms with E-state index in [0.717, 1.165) is 5.56 Å². The van der Waals surface area contributed by atoms with Crippen LogP contribution in [0.4, 0.5) is 0 Å². The molecule has 1 atom stereocenters. The molecular formula is C11H13NO3. The maximum absolute atomic E-state index is 11.6. The van der Waals surface area contributed by atoms with E-state index in [0.29, 0.717) is 5.56 Å². The number of aliphatic carboxylic acids is 1. The molecule has 0 radical (unpaired) electrons. The van der Waals surface area contributed by atoms with E-state index < -0.39 is 12.0 Å². The van der Waals surface area contributed by atoms with Crippen LogP contribution in [0.2, 0.25) is 0 Å². The summed E-state index contributed by atoms with van der Waals surface area (Å²) in [5.41, 5.74) is 6.74. The topological polar surface area (TPSA) is 80.4 Å². The van der Waals surface area contributed by atoms with Gasteiger partial charge in [-0.15, -0.1) is 0 Å². The van der Waals surface area contributed by atoms with Crippen LogP contribution in [0.25, 0.3) is 0 Å². The SMILES string of the molecule is Cc1cccc(C(=O)C[C@@H](N)C(=O)O)c1. The van der Waals surface area contributed by atoms with E-state index >= 15 is 0 Å². The first-order valence-electron chi connectivity index (χ1n) is 4.59. The summed E-state index contributed by atoms with van der Waals surface area (Å²) >= 11 is 0. The average molecular weight is 207 g/mol. The molecule has 0 amide bonds. The minimum atomic E-state index is -1.16. The molecule has 4 nitrogen and oxygen atoms in total. The van der Waals surface area contributed by atoms with Crippen LogP contribution in [0.5, 0.6) is 0 Å². The molecule has 0 saturated carbocycles. The molecule has 3 N–H and O–H groups in total. The largest absolute Gasteiger partial charge is 0.480 e. The maximum atomic E-state index is 11.6. The lowest BCUT2D eigenvalue weighted by Gasteiger charge is -2.05. The Bertz CT molecular complexity index is 387. The van der Waals surface area contributed by atoms with E-state index in [1.807, 2.05) is 13.0 Å². The summed E-state index contributed by atoms with van der Waals surface area (Å²) in [5.74, 6) is -1.40. The molecule has 4 heteroatoms. The molecule has 15 heavy (non-hydrogen) atoms. The molecule has 0 heterocycles. The highest BCUT2D eigenvalue weighted by molar-refractivity contribution is 5.98. The zero-order valence-electron chi connectivity index (χ0n) is 8.43. The number of carbonyl (C=O) groups excluding carboxylic acids is 1. The first-order valence-corrected chi connectivity index (χ1v) is 4.59. The Balaban J connectivity index is 2.73. The number of aryl methyl sites for hydroxylation is 1. The van der Waals surface area contributed by atoms with E-state index in [-0.39, 0.29) is 12.2 Å². The highest BCUT2D eigenvalue weighted by atomic mass is 16.4. The number of carbonyl (C=O) groups is 2. The van der Waals surface area contributed by atoms with Crippen molar-refractivity contribution in [2.75, 3.05) is 0 Å². The summed E-state index contributed by atoms with van der Waals surface area (Å²) in [4.78, 5) is 22.0. The summed E-state index contributed by atoms with van der Waals surface area (Å²) in [6.07, 6.45) is -0.168. The highest BCUT2D eigenvalue weighted by Gasteiger charge is 2.17. The van der Waals surface area contributed by atoms with Crippen LogP contribution in [0.3, 0.4) is 0 Å². The van der Waals surface area contributed by atoms with Gasteiger partial charge < -0.3 is 10.8 Å². The lowest BCUT2D eigenvalue weighted by atomic mass is 10.0. The second kappa shape index (κ2) is 4.70. The number of Topliss-reactive ketones (excluding diaryl/α,β-unsaturated/α-hetero) is 1. The van der Waals surface area contributed by atoms with Gasteiger partial charge in [0.15, 0.2) is 5.78 Å². The molecule has 0 aliphatic rings. The van der Waals surface area contributed by atoms with Gasteiger partial charge in [-0.3, -0.25) is 9.59 Å². The van der Waals surface area contributed by atoms with Crippen molar-refractivity contribution in [2.45, 2.75) is 19.4 Å². The normalized spacial score (nSPS) is 12.1. The van der Waals surface area contributed by atoms with Gasteiger partial charge in [0.2, 0.25) is 0 Å². The molecule has 0 saturated heterocycles. The van der Waals surface area contributed by atoms with Crippen molar-refractivity contribution in [1.82, 2.24) is 0 Å². The molecule has 0 aliphatic heterocycles. The Kier molecular flexibility index (Phi) is 3.57. The lowest BCUT2D eigenvalue weighted by Crippen LogP contribution is -2.32. The second-order valence-corrected chi connectivity index (χ2v) is 3.44. The predicted molar refractivity (Wildman–Crippen MR) is 55.7 cm³/mol. The molecule has 0 spiro atoms. The molecule has 0 bridgehead atoms. The van der Waals surface area contributed by atoms with Gasteiger partial charge in [-0.2, -0.15) is 0 Å². The molecule has 0 unspecified atom stereocenters. The van der Waals surface area contributed by atoms with Crippen molar-refractivity contribution in [3.8, 4) is 0 Å². The van der Waals surface area contributed by atoms with Crippen molar-refractivity contribution in [2.24, 2.45) is 5.73 Å². The first kappa shape index (κ1) is 11.4. The van der Waals surface area contributed by atoms with Crippen LogP contribution in [0.15, 0.2) is 24.3 Å². The Hall–Kier alpha value is -1.68. The van der Waals surface area contributed by atoms with Gasteiger partial charge in [-0.05, 0) is 13.0 Å². The Morgan fingerprint density at radius 3 is 2.67 bits per heavy atom. The molecule has 0 fully saturated rings. The number of hydrogen-bond acceptors (Lipinski definition) is 3. The number of benzene rings is 1. The lowest BCUT2D eigenvalue weighted by molar-refractivity contribution is -0.138. The minimum Gasteiger partial charge on any atom is -0.480 e. The van der Waals surface area contributed by atoms with Crippen molar-refractivity contribution in [3.05, 3.63) is 35.4 Å². The number of hydrogen-bond donors (Lipinski definition) is 2. The quantitative estimate of drug-likeness (QED) is 0.721. The van der Waals surface area contributed by atoms with Crippen molar-refractivity contribution in [1.29, 1.82) is 0 Å². The van der Waals surface area contributed by atoms with Gasteiger partial charge in [-0.1, -0.05) is 23.8 Å². The third-order valence-corrected chi connectivity index (χ3v) is 2.06. The molecule has 0 aliphatic carbocycles. The summed E-state index contributed by atoms with van der Waals surface area (Å²) < 4.78 is 0. The zero-order chi connectivity index (χ0) is 11.4. The van der Waals surface area contributed by atoms with Crippen molar-refractivity contribution in [3.63, 3.8) is 0 Å². The van der Waals surface area contributed by atoms with Gasteiger partial charge in [-0.25, -0.2) is 0 Å². The molecule has 80 valence electrons. The fourth-order valence-corrected chi connectivity index (χ4v) is 1.22. The smallest absolute Gasteiger partial charge is 0.320 e. The van der Waals surface area contributed by atoms with Gasteiger partial charge in [0, 0.05) is 12.0 Å². The summed E-state index contributed by atoms with van der Waals surface area (Å²) in [5, 5.41) is 8.56. The average Bonchev–Trinajstić information content (AvgIpc) is 2.17. The number of nitrogens with two attached hydrogens (primary N) is 1. The number of ketones is 1. The van der Waals surface area contributed by atoms with E-state index in [9.17, 15) is 9.59 Å². The zero-order valence-corrected chi connectivity index (χ0v) is 8.43. The van der Waals surface area contributed by atoms with Crippen LogP contribution in [0.1, 0.15) is 22.3 Å². The number of rotatable bonds is 4. The molecular weight excluding hydrogens is 194 g/mol. The van der Waals surface area contributed by atoms with Crippen LogP contribution >= 0.6 is 0 Å². The van der Waals surface area contributed by atoms with Gasteiger partial charge in [0.05, 0.1) is 0 Å². The van der Waals surface area contributed by atoms with Gasteiger partial charge in [0.1, 0.15) is 6.04 Å². The fraction of sp³-hybridized carbons (Fsp3) is 0.273.